The van der Waals surface area contributed by atoms with Crippen molar-refractivity contribution in [1.29, 1.82) is 0 Å². The van der Waals surface area contributed by atoms with Gasteiger partial charge in [-0.25, -0.2) is 0 Å². The normalized spacial score (nSPS) is 12.5. The number of unbranched alkanes of at least 4 members (excludes halogenated alkanes) is 2. The van der Waals surface area contributed by atoms with Crippen LogP contribution < -0.4 is 11.1 Å². The third-order valence-electron chi connectivity index (χ3n) is 2.26. The standard InChI is InChI=1S/C11H24N2O2/c1-3-4-5-6-11(14)13-10(7-8-12)9-15-2/h10H,3-9,12H2,1-2H3,(H,13,14). The van der Waals surface area contributed by atoms with Gasteiger partial charge in [-0.2, -0.15) is 0 Å². The molecule has 3 N–H and O–H groups in total. The first-order chi connectivity index (χ1) is 7.24. The van der Waals surface area contributed by atoms with Gasteiger partial charge in [-0.3, -0.25) is 4.79 Å². The lowest BCUT2D eigenvalue weighted by molar-refractivity contribution is -0.122. The van der Waals surface area contributed by atoms with E-state index in [-0.39, 0.29) is 11.9 Å². The molecule has 0 aromatic carbocycles. The van der Waals surface area contributed by atoms with E-state index < -0.39 is 0 Å². The minimum atomic E-state index is 0.0640. The monoisotopic (exact) mass is 216 g/mol. The molecule has 0 heterocycles. The molecule has 0 saturated heterocycles. The van der Waals surface area contributed by atoms with E-state index in [9.17, 15) is 4.79 Å². The van der Waals surface area contributed by atoms with Crippen molar-refractivity contribution in [2.75, 3.05) is 20.3 Å². The maximum absolute atomic E-state index is 11.5. The van der Waals surface area contributed by atoms with Crippen molar-refractivity contribution in [3.8, 4) is 0 Å². The Morgan fingerprint density at radius 2 is 2.20 bits per heavy atom. The van der Waals surface area contributed by atoms with E-state index in [1.165, 1.54) is 0 Å². The van der Waals surface area contributed by atoms with Crippen LogP contribution in [0.15, 0.2) is 0 Å². The largest absolute Gasteiger partial charge is 0.383 e. The molecule has 1 amide bonds. The van der Waals surface area contributed by atoms with Crippen LogP contribution in [0.5, 0.6) is 0 Å². The van der Waals surface area contributed by atoms with Gasteiger partial charge < -0.3 is 15.8 Å². The summed E-state index contributed by atoms with van der Waals surface area (Å²) in [5.74, 6) is 0.110. The zero-order chi connectivity index (χ0) is 11.5. The van der Waals surface area contributed by atoms with Crippen LogP contribution in [-0.2, 0) is 9.53 Å². The number of carbonyl (C=O) groups is 1. The molecule has 90 valence electrons. The van der Waals surface area contributed by atoms with Gasteiger partial charge in [-0.15, -0.1) is 0 Å². The Balaban J connectivity index is 3.67. The summed E-state index contributed by atoms with van der Waals surface area (Å²) < 4.78 is 5.01. The lowest BCUT2D eigenvalue weighted by atomic mass is 10.1. The highest BCUT2D eigenvalue weighted by Gasteiger charge is 2.10. The van der Waals surface area contributed by atoms with E-state index >= 15 is 0 Å². The van der Waals surface area contributed by atoms with Crippen LogP contribution in [0.1, 0.15) is 39.0 Å². The van der Waals surface area contributed by atoms with Crippen LogP contribution in [0.2, 0.25) is 0 Å². The zero-order valence-corrected chi connectivity index (χ0v) is 9.92. The molecule has 15 heavy (non-hydrogen) atoms. The third kappa shape index (κ3) is 8.39. The van der Waals surface area contributed by atoms with Gasteiger partial charge >= 0.3 is 0 Å². The van der Waals surface area contributed by atoms with Crippen molar-refractivity contribution in [2.45, 2.75) is 45.1 Å². The Hall–Kier alpha value is -0.610. The van der Waals surface area contributed by atoms with E-state index in [0.29, 0.717) is 19.6 Å². The van der Waals surface area contributed by atoms with Crippen molar-refractivity contribution in [2.24, 2.45) is 5.73 Å². The Bertz CT molecular complexity index is 157. The molecule has 0 radical (unpaired) electrons. The molecule has 0 fully saturated rings. The van der Waals surface area contributed by atoms with E-state index in [0.717, 1.165) is 25.7 Å². The molecule has 1 unspecified atom stereocenters. The second-order valence-corrected chi connectivity index (χ2v) is 3.75. The van der Waals surface area contributed by atoms with Gasteiger partial charge in [0.15, 0.2) is 0 Å². The Morgan fingerprint density at radius 3 is 2.73 bits per heavy atom. The first-order valence-corrected chi connectivity index (χ1v) is 5.73. The summed E-state index contributed by atoms with van der Waals surface area (Å²) in [4.78, 5) is 11.5. The molecular weight excluding hydrogens is 192 g/mol. The molecule has 0 saturated carbocycles. The van der Waals surface area contributed by atoms with Crippen molar-refractivity contribution in [3.63, 3.8) is 0 Å². The molecule has 0 spiro atoms. The maximum Gasteiger partial charge on any atom is 0.220 e. The fourth-order valence-electron chi connectivity index (χ4n) is 1.43. The molecule has 0 aromatic heterocycles. The Kier molecular flexibility index (Phi) is 9.52. The Labute approximate surface area is 92.6 Å². The Morgan fingerprint density at radius 1 is 1.47 bits per heavy atom. The molecule has 4 heteroatoms. The van der Waals surface area contributed by atoms with E-state index in [4.69, 9.17) is 10.5 Å². The second kappa shape index (κ2) is 9.93. The second-order valence-electron chi connectivity index (χ2n) is 3.75. The number of rotatable bonds is 9. The van der Waals surface area contributed by atoms with Crippen LogP contribution >= 0.6 is 0 Å². The fraction of sp³-hybridized carbons (Fsp3) is 0.909. The third-order valence-corrected chi connectivity index (χ3v) is 2.26. The van der Waals surface area contributed by atoms with Gasteiger partial charge in [0.2, 0.25) is 5.91 Å². The number of hydrogen-bond acceptors (Lipinski definition) is 3. The molecule has 0 aliphatic carbocycles. The number of amides is 1. The summed E-state index contributed by atoms with van der Waals surface area (Å²) in [6.07, 6.45) is 4.59. The molecule has 0 aliphatic heterocycles. The smallest absolute Gasteiger partial charge is 0.220 e. The molecule has 0 bridgehead atoms. The van der Waals surface area contributed by atoms with Crippen LogP contribution in [0.3, 0.4) is 0 Å². The molecular formula is C11H24N2O2. The highest BCUT2D eigenvalue weighted by molar-refractivity contribution is 5.76. The number of nitrogens with one attached hydrogen (secondary N) is 1. The minimum Gasteiger partial charge on any atom is -0.383 e. The van der Waals surface area contributed by atoms with Crippen molar-refractivity contribution in [1.82, 2.24) is 5.32 Å². The van der Waals surface area contributed by atoms with Crippen molar-refractivity contribution in [3.05, 3.63) is 0 Å². The summed E-state index contributed by atoms with van der Waals surface area (Å²) in [6.45, 7) is 3.24. The lowest BCUT2D eigenvalue weighted by Crippen LogP contribution is -2.39. The SMILES string of the molecule is CCCCCC(=O)NC(CCN)COC. The average molecular weight is 216 g/mol. The van der Waals surface area contributed by atoms with Crippen LogP contribution in [-0.4, -0.2) is 32.2 Å². The maximum atomic E-state index is 11.5. The summed E-state index contributed by atoms with van der Waals surface area (Å²) in [5.41, 5.74) is 5.45. The van der Waals surface area contributed by atoms with E-state index in [2.05, 4.69) is 12.2 Å². The van der Waals surface area contributed by atoms with Gasteiger partial charge in [-0.1, -0.05) is 19.8 Å². The molecule has 1 atom stereocenters. The van der Waals surface area contributed by atoms with Gasteiger partial charge in [0, 0.05) is 13.5 Å². The predicted octanol–water partition coefficient (Wildman–Crippen LogP) is 1.05. The van der Waals surface area contributed by atoms with E-state index in [1.54, 1.807) is 7.11 Å². The molecule has 0 rings (SSSR count). The fourth-order valence-corrected chi connectivity index (χ4v) is 1.43. The lowest BCUT2D eigenvalue weighted by Gasteiger charge is -2.16. The zero-order valence-electron chi connectivity index (χ0n) is 9.92. The summed E-state index contributed by atoms with van der Waals surface area (Å²) in [7, 11) is 1.63. The summed E-state index contributed by atoms with van der Waals surface area (Å²) in [6, 6.07) is 0.0640. The average Bonchev–Trinajstić information content (AvgIpc) is 2.19. The minimum absolute atomic E-state index is 0.0640. The van der Waals surface area contributed by atoms with Gasteiger partial charge in [0.25, 0.3) is 0 Å². The number of nitrogens with two attached hydrogens (primary N) is 1. The van der Waals surface area contributed by atoms with Crippen LogP contribution in [0, 0.1) is 0 Å². The summed E-state index contributed by atoms with van der Waals surface area (Å²) in [5, 5.41) is 2.93. The number of methoxy groups -OCH3 is 1. The quantitative estimate of drug-likeness (QED) is 0.566. The number of carbonyl (C=O) groups excluding carboxylic acids is 1. The van der Waals surface area contributed by atoms with Gasteiger partial charge in [0.05, 0.1) is 12.6 Å². The first-order valence-electron chi connectivity index (χ1n) is 5.73. The number of ether oxygens (including phenoxy) is 1. The van der Waals surface area contributed by atoms with Crippen molar-refractivity contribution < 1.29 is 9.53 Å². The summed E-state index contributed by atoms with van der Waals surface area (Å²) >= 11 is 0. The molecule has 0 aliphatic rings. The highest BCUT2D eigenvalue weighted by Crippen LogP contribution is 2.00. The van der Waals surface area contributed by atoms with Crippen molar-refractivity contribution >= 4 is 5.91 Å². The predicted molar refractivity (Wildman–Crippen MR) is 61.6 cm³/mol. The van der Waals surface area contributed by atoms with Crippen LogP contribution in [0.25, 0.3) is 0 Å². The molecule has 4 nitrogen and oxygen atoms in total. The first kappa shape index (κ1) is 14.4. The van der Waals surface area contributed by atoms with Gasteiger partial charge in [-0.05, 0) is 19.4 Å². The van der Waals surface area contributed by atoms with Crippen LogP contribution in [0.4, 0.5) is 0 Å². The topological polar surface area (TPSA) is 64.4 Å². The number of hydrogen-bond donors (Lipinski definition) is 2. The van der Waals surface area contributed by atoms with Gasteiger partial charge in [0.1, 0.15) is 0 Å². The molecule has 0 aromatic rings. The van der Waals surface area contributed by atoms with E-state index in [1.807, 2.05) is 0 Å². The highest BCUT2D eigenvalue weighted by atomic mass is 16.5.